The van der Waals surface area contributed by atoms with Gasteiger partial charge in [0.25, 0.3) is 0 Å². The number of rotatable bonds is 8. The molecule has 0 aliphatic carbocycles. The molecule has 3 N–H and O–H groups in total. The highest BCUT2D eigenvalue weighted by Gasteiger charge is 2.34. The van der Waals surface area contributed by atoms with Gasteiger partial charge in [0.1, 0.15) is 0 Å². The molecule has 0 heterocycles. The molecule has 0 radical (unpaired) electrons. The quantitative estimate of drug-likeness (QED) is 0.468. The van der Waals surface area contributed by atoms with E-state index in [0.29, 0.717) is 26.1 Å². The molecule has 0 saturated heterocycles. The summed E-state index contributed by atoms with van der Waals surface area (Å²) in [6.07, 6.45) is 0.365. The zero-order chi connectivity index (χ0) is 14.2. The van der Waals surface area contributed by atoms with Crippen LogP contribution in [-0.4, -0.2) is 45.8 Å². The van der Waals surface area contributed by atoms with E-state index in [1.54, 1.807) is 13.8 Å². The Bertz CT molecular complexity index is 279. The first-order valence-electron chi connectivity index (χ1n) is 5.96. The number of ether oxygens (including phenoxy) is 2. The van der Waals surface area contributed by atoms with Crippen LogP contribution in [-0.2, 0) is 19.1 Å². The first kappa shape index (κ1) is 16.9. The Kier molecular flexibility index (Phi) is 7.54. The average Bonchev–Trinajstić information content (AvgIpc) is 2.35. The van der Waals surface area contributed by atoms with Gasteiger partial charge >= 0.3 is 11.9 Å². The van der Waals surface area contributed by atoms with E-state index < -0.39 is 11.3 Å². The van der Waals surface area contributed by atoms with E-state index in [0.717, 1.165) is 0 Å². The second-order valence-corrected chi connectivity index (χ2v) is 4.79. The Morgan fingerprint density at radius 1 is 1.28 bits per heavy atom. The molecule has 0 spiro atoms. The fourth-order valence-corrected chi connectivity index (χ4v) is 1.76. The molecule has 0 amide bonds. The third-order valence-corrected chi connectivity index (χ3v) is 2.74. The van der Waals surface area contributed by atoms with Gasteiger partial charge < -0.3 is 20.5 Å². The van der Waals surface area contributed by atoms with Gasteiger partial charge in [0.05, 0.1) is 25.6 Å². The van der Waals surface area contributed by atoms with Crippen molar-refractivity contribution >= 4 is 11.9 Å². The van der Waals surface area contributed by atoms with Crippen LogP contribution in [0.3, 0.4) is 0 Å². The fourth-order valence-electron chi connectivity index (χ4n) is 1.76. The van der Waals surface area contributed by atoms with E-state index in [9.17, 15) is 9.59 Å². The zero-order valence-electron chi connectivity index (χ0n) is 11.6. The van der Waals surface area contributed by atoms with Crippen molar-refractivity contribution in [2.45, 2.75) is 20.3 Å². The maximum atomic E-state index is 11.6. The lowest BCUT2D eigenvalue weighted by molar-refractivity contribution is -0.154. The second kappa shape index (κ2) is 8.05. The molecule has 0 bridgehead atoms. The topological polar surface area (TPSA) is 90.6 Å². The number of carbonyl (C=O) groups is 2. The highest BCUT2D eigenvalue weighted by molar-refractivity contribution is 5.78. The molecule has 106 valence electrons. The van der Waals surface area contributed by atoms with Crippen LogP contribution in [0, 0.1) is 11.3 Å². The molecule has 1 unspecified atom stereocenters. The molecule has 18 heavy (non-hydrogen) atoms. The Balaban J connectivity index is 4.57. The van der Waals surface area contributed by atoms with Gasteiger partial charge in [-0.2, -0.15) is 0 Å². The van der Waals surface area contributed by atoms with Crippen LogP contribution in [0.5, 0.6) is 0 Å². The summed E-state index contributed by atoms with van der Waals surface area (Å²) in [4.78, 5) is 23.2. The molecular formula is C12H24N2O4. The predicted molar refractivity (Wildman–Crippen MR) is 67.8 cm³/mol. The molecule has 0 fully saturated rings. The lowest BCUT2D eigenvalue weighted by Gasteiger charge is -2.26. The summed E-state index contributed by atoms with van der Waals surface area (Å²) in [5.74, 6) is -1.07. The molecule has 0 aliphatic rings. The standard InChI is InChI=1S/C12H24N2O4/c1-12(2,11(16)18-4)7-9(10(15)17-3)8-14-6-5-13/h9,14H,5-8,13H2,1-4H3. The predicted octanol–water partition coefficient (Wildman–Crippen LogP) is -0.0868. The lowest BCUT2D eigenvalue weighted by Crippen LogP contribution is -2.37. The Morgan fingerprint density at radius 2 is 1.89 bits per heavy atom. The highest BCUT2D eigenvalue weighted by atomic mass is 16.5. The Hall–Kier alpha value is -1.14. The molecule has 0 rings (SSSR count). The summed E-state index contributed by atoms with van der Waals surface area (Å²) in [7, 11) is 2.67. The van der Waals surface area contributed by atoms with Crippen molar-refractivity contribution in [3.63, 3.8) is 0 Å². The van der Waals surface area contributed by atoms with Crippen molar-refractivity contribution in [3.8, 4) is 0 Å². The minimum atomic E-state index is -0.724. The summed E-state index contributed by atoms with van der Waals surface area (Å²) < 4.78 is 9.46. The van der Waals surface area contributed by atoms with Crippen molar-refractivity contribution in [3.05, 3.63) is 0 Å². The number of esters is 2. The van der Waals surface area contributed by atoms with E-state index in [1.165, 1.54) is 14.2 Å². The van der Waals surface area contributed by atoms with Crippen LogP contribution in [0.15, 0.2) is 0 Å². The van der Waals surface area contributed by atoms with E-state index in [-0.39, 0.29) is 11.9 Å². The molecule has 0 saturated carbocycles. The van der Waals surface area contributed by atoms with Gasteiger partial charge in [-0.1, -0.05) is 0 Å². The molecular weight excluding hydrogens is 236 g/mol. The number of nitrogens with one attached hydrogen (secondary N) is 1. The first-order chi connectivity index (χ1) is 8.38. The van der Waals surface area contributed by atoms with Gasteiger partial charge in [-0.25, -0.2) is 0 Å². The first-order valence-corrected chi connectivity index (χ1v) is 5.96. The van der Waals surface area contributed by atoms with Crippen LogP contribution in [0.25, 0.3) is 0 Å². The van der Waals surface area contributed by atoms with Crippen LogP contribution in [0.1, 0.15) is 20.3 Å². The van der Waals surface area contributed by atoms with Crippen LogP contribution in [0.2, 0.25) is 0 Å². The summed E-state index contributed by atoms with van der Waals surface area (Å²) in [6, 6.07) is 0. The molecule has 1 atom stereocenters. The van der Waals surface area contributed by atoms with Gasteiger partial charge in [0, 0.05) is 19.6 Å². The number of hydrogen-bond donors (Lipinski definition) is 2. The van der Waals surface area contributed by atoms with Crippen molar-refractivity contribution in [2.24, 2.45) is 17.1 Å². The molecule has 0 aromatic rings. The van der Waals surface area contributed by atoms with Gasteiger partial charge in [-0.3, -0.25) is 9.59 Å². The molecule has 0 aromatic carbocycles. The number of methoxy groups -OCH3 is 2. The van der Waals surface area contributed by atoms with Gasteiger partial charge in [0.2, 0.25) is 0 Å². The average molecular weight is 260 g/mol. The van der Waals surface area contributed by atoms with E-state index >= 15 is 0 Å². The monoisotopic (exact) mass is 260 g/mol. The summed E-state index contributed by atoms with van der Waals surface area (Å²) in [5.41, 5.74) is 4.64. The van der Waals surface area contributed by atoms with E-state index in [1.807, 2.05) is 0 Å². The van der Waals surface area contributed by atoms with Crippen molar-refractivity contribution in [1.82, 2.24) is 5.32 Å². The van der Waals surface area contributed by atoms with Crippen LogP contribution < -0.4 is 11.1 Å². The summed E-state index contributed by atoms with van der Waals surface area (Å²) in [5, 5.41) is 3.05. The lowest BCUT2D eigenvalue weighted by atomic mass is 9.82. The van der Waals surface area contributed by atoms with Gasteiger partial charge in [-0.15, -0.1) is 0 Å². The maximum absolute atomic E-state index is 11.6. The van der Waals surface area contributed by atoms with Crippen LogP contribution in [0.4, 0.5) is 0 Å². The molecule has 6 nitrogen and oxygen atoms in total. The number of hydrogen-bond acceptors (Lipinski definition) is 6. The van der Waals surface area contributed by atoms with E-state index in [2.05, 4.69) is 5.32 Å². The minimum Gasteiger partial charge on any atom is -0.469 e. The highest BCUT2D eigenvalue weighted by Crippen LogP contribution is 2.27. The smallest absolute Gasteiger partial charge is 0.311 e. The van der Waals surface area contributed by atoms with Crippen molar-refractivity contribution < 1.29 is 19.1 Å². The normalized spacial score (nSPS) is 12.9. The molecule has 6 heteroatoms. The zero-order valence-corrected chi connectivity index (χ0v) is 11.6. The Morgan fingerprint density at radius 3 is 2.33 bits per heavy atom. The van der Waals surface area contributed by atoms with Gasteiger partial charge in [0.15, 0.2) is 0 Å². The second-order valence-electron chi connectivity index (χ2n) is 4.79. The number of nitrogens with two attached hydrogens (primary N) is 1. The fraction of sp³-hybridized carbons (Fsp3) is 0.833. The van der Waals surface area contributed by atoms with Crippen molar-refractivity contribution in [1.29, 1.82) is 0 Å². The number of carbonyl (C=O) groups excluding carboxylic acids is 2. The Labute approximate surface area is 108 Å². The largest absolute Gasteiger partial charge is 0.469 e. The summed E-state index contributed by atoms with van der Waals surface area (Å²) in [6.45, 7) is 5.04. The summed E-state index contributed by atoms with van der Waals surface area (Å²) >= 11 is 0. The molecule has 0 aliphatic heterocycles. The molecule has 0 aromatic heterocycles. The maximum Gasteiger partial charge on any atom is 0.311 e. The minimum absolute atomic E-state index is 0.337. The van der Waals surface area contributed by atoms with Gasteiger partial charge in [-0.05, 0) is 20.3 Å². The third kappa shape index (κ3) is 5.46. The third-order valence-electron chi connectivity index (χ3n) is 2.74. The van der Waals surface area contributed by atoms with E-state index in [4.69, 9.17) is 15.2 Å². The van der Waals surface area contributed by atoms with Crippen LogP contribution >= 0.6 is 0 Å². The SMILES string of the molecule is COC(=O)C(CNCCN)CC(C)(C)C(=O)OC. The van der Waals surface area contributed by atoms with Crippen molar-refractivity contribution in [2.75, 3.05) is 33.9 Å².